The highest BCUT2D eigenvalue weighted by molar-refractivity contribution is 5.11. The van der Waals surface area contributed by atoms with E-state index in [0.717, 1.165) is 18.9 Å². The van der Waals surface area contributed by atoms with Crippen LogP contribution in [0.4, 0.5) is 0 Å². The van der Waals surface area contributed by atoms with Crippen molar-refractivity contribution in [2.75, 3.05) is 6.54 Å². The third-order valence-electron chi connectivity index (χ3n) is 4.08. The van der Waals surface area contributed by atoms with Crippen LogP contribution in [0.3, 0.4) is 0 Å². The van der Waals surface area contributed by atoms with Gasteiger partial charge in [-0.3, -0.25) is 4.98 Å². The molecule has 0 saturated heterocycles. The van der Waals surface area contributed by atoms with Crippen molar-refractivity contribution < 1.29 is 0 Å². The Kier molecular flexibility index (Phi) is 9.31. The Labute approximate surface area is 125 Å². The molecule has 114 valence electrons. The first-order valence-electron chi connectivity index (χ1n) is 8.42. The van der Waals surface area contributed by atoms with Crippen molar-refractivity contribution in [3.8, 4) is 0 Å². The Balaban J connectivity index is 2.53. The molecule has 1 rings (SSSR count). The second-order valence-electron chi connectivity index (χ2n) is 5.86. The van der Waals surface area contributed by atoms with Crippen molar-refractivity contribution in [1.82, 2.24) is 10.3 Å². The fourth-order valence-corrected chi connectivity index (χ4v) is 2.77. The van der Waals surface area contributed by atoms with Gasteiger partial charge in [-0.1, -0.05) is 46.5 Å². The fourth-order valence-electron chi connectivity index (χ4n) is 2.77. The Morgan fingerprint density at radius 3 is 2.45 bits per heavy atom. The molecule has 20 heavy (non-hydrogen) atoms. The summed E-state index contributed by atoms with van der Waals surface area (Å²) in [6.07, 6.45) is 12.8. The van der Waals surface area contributed by atoms with E-state index in [1.165, 1.54) is 44.1 Å². The number of unbranched alkanes of at least 4 members (excludes halogenated alkanes) is 1. The first-order valence-corrected chi connectivity index (χ1v) is 8.42. The smallest absolute Gasteiger partial charge is 0.0270 e. The molecule has 1 aromatic heterocycles. The van der Waals surface area contributed by atoms with Gasteiger partial charge >= 0.3 is 0 Å². The van der Waals surface area contributed by atoms with E-state index in [1.807, 2.05) is 12.4 Å². The van der Waals surface area contributed by atoms with Crippen LogP contribution in [0.5, 0.6) is 0 Å². The number of nitrogens with zero attached hydrogens (tertiary/aromatic N) is 1. The normalized spacial score (nSPS) is 14.2. The second-order valence-corrected chi connectivity index (χ2v) is 5.86. The summed E-state index contributed by atoms with van der Waals surface area (Å²) in [6.45, 7) is 7.99. The third kappa shape index (κ3) is 7.04. The Morgan fingerprint density at radius 2 is 1.85 bits per heavy atom. The van der Waals surface area contributed by atoms with Crippen LogP contribution in [0.2, 0.25) is 0 Å². The van der Waals surface area contributed by atoms with Gasteiger partial charge in [0.25, 0.3) is 0 Å². The summed E-state index contributed by atoms with van der Waals surface area (Å²) in [5.41, 5.74) is 1.40. The molecule has 1 aromatic rings. The predicted octanol–water partition coefficient (Wildman–Crippen LogP) is 4.60. The molecule has 0 saturated carbocycles. The average molecular weight is 276 g/mol. The van der Waals surface area contributed by atoms with Crippen LogP contribution in [0.15, 0.2) is 24.5 Å². The highest BCUT2D eigenvalue weighted by atomic mass is 14.9. The van der Waals surface area contributed by atoms with Gasteiger partial charge in [0.05, 0.1) is 0 Å². The number of rotatable bonds is 11. The number of nitrogens with one attached hydrogen (secondary N) is 1. The zero-order valence-electron chi connectivity index (χ0n) is 13.6. The molecule has 0 bridgehead atoms. The highest BCUT2D eigenvalue weighted by Crippen LogP contribution is 2.20. The Hall–Kier alpha value is -0.890. The van der Waals surface area contributed by atoms with Gasteiger partial charge in [-0.25, -0.2) is 0 Å². The van der Waals surface area contributed by atoms with E-state index in [-0.39, 0.29) is 0 Å². The van der Waals surface area contributed by atoms with E-state index in [4.69, 9.17) is 0 Å². The minimum absolute atomic E-state index is 0.610. The molecule has 0 aromatic carbocycles. The minimum atomic E-state index is 0.610. The maximum Gasteiger partial charge on any atom is 0.0270 e. The van der Waals surface area contributed by atoms with Crippen molar-refractivity contribution in [2.45, 2.75) is 71.8 Å². The molecule has 2 atom stereocenters. The van der Waals surface area contributed by atoms with Crippen LogP contribution in [-0.4, -0.2) is 17.6 Å². The van der Waals surface area contributed by atoms with E-state index in [2.05, 4.69) is 43.2 Å². The number of hydrogen-bond acceptors (Lipinski definition) is 2. The standard InChI is InChI=1S/C18H32N2/c1-4-7-8-16(6-3)14-18(20-11-5-2)15-17-9-12-19-13-10-17/h9-10,12-13,16,18,20H,4-8,11,14-15H2,1-3H3. The summed E-state index contributed by atoms with van der Waals surface area (Å²) in [7, 11) is 0. The molecule has 1 N–H and O–H groups in total. The molecule has 1 heterocycles. The summed E-state index contributed by atoms with van der Waals surface area (Å²) in [4.78, 5) is 4.11. The topological polar surface area (TPSA) is 24.9 Å². The quantitative estimate of drug-likeness (QED) is 0.639. The Bertz CT molecular complexity index is 323. The van der Waals surface area contributed by atoms with Crippen LogP contribution in [0, 0.1) is 5.92 Å². The lowest BCUT2D eigenvalue weighted by Crippen LogP contribution is -2.33. The van der Waals surface area contributed by atoms with Gasteiger partial charge in [0.15, 0.2) is 0 Å². The molecule has 0 aliphatic heterocycles. The van der Waals surface area contributed by atoms with Gasteiger partial charge in [0.2, 0.25) is 0 Å². The largest absolute Gasteiger partial charge is 0.314 e. The molecule has 0 fully saturated rings. The molecule has 0 radical (unpaired) electrons. The van der Waals surface area contributed by atoms with Gasteiger partial charge in [-0.2, -0.15) is 0 Å². The molecular formula is C18H32N2. The van der Waals surface area contributed by atoms with Crippen LogP contribution in [0.1, 0.15) is 64.9 Å². The molecule has 0 aliphatic rings. The SMILES string of the molecule is CCCCC(CC)CC(Cc1ccncc1)NCCC. The molecule has 2 unspecified atom stereocenters. The highest BCUT2D eigenvalue weighted by Gasteiger charge is 2.15. The zero-order chi connectivity index (χ0) is 14.6. The fraction of sp³-hybridized carbons (Fsp3) is 0.722. The van der Waals surface area contributed by atoms with Crippen molar-refractivity contribution in [2.24, 2.45) is 5.92 Å². The lowest BCUT2D eigenvalue weighted by Gasteiger charge is -2.24. The van der Waals surface area contributed by atoms with Gasteiger partial charge in [0.1, 0.15) is 0 Å². The second kappa shape index (κ2) is 10.8. The summed E-state index contributed by atoms with van der Waals surface area (Å²) >= 11 is 0. The van der Waals surface area contributed by atoms with Crippen LogP contribution in [0.25, 0.3) is 0 Å². The van der Waals surface area contributed by atoms with Gasteiger partial charge in [0, 0.05) is 18.4 Å². The Morgan fingerprint density at radius 1 is 1.10 bits per heavy atom. The van der Waals surface area contributed by atoms with Crippen molar-refractivity contribution in [3.63, 3.8) is 0 Å². The predicted molar refractivity (Wildman–Crippen MR) is 87.9 cm³/mol. The lowest BCUT2D eigenvalue weighted by atomic mass is 9.89. The van der Waals surface area contributed by atoms with Crippen molar-refractivity contribution in [3.05, 3.63) is 30.1 Å². The van der Waals surface area contributed by atoms with E-state index >= 15 is 0 Å². The summed E-state index contributed by atoms with van der Waals surface area (Å²) in [6, 6.07) is 4.90. The van der Waals surface area contributed by atoms with Crippen LogP contribution < -0.4 is 5.32 Å². The average Bonchev–Trinajstić information content (AvgIpc) is 2.49. The van der Waals surface area contributed by atoms with Crippen molar-refractivity contribution >= 4 is 0 Å². The molecule has 0 spiro atoms. The molecular weight excluding hydrogens is 244 g/mol. The van der Waals surface area contributed by atoms with Gasteiger partial charge < -0.3 is 5.32 Å². The van der Waals surface area contributed by atoms with E-state index in [1.54, 1.807) is 0 Å². The van der Waals surface area contributed by atoms with E-state index in [0.29, 0.717) is 6.04 Å². The maximum atomic E-state index is 4.11. The van der Waals surface area contributed by atoms with E-state index in [9.17, 15) is 0 Å². The van der Waals surface area contributed by atoms with E-state index < -0.39 is 0 Å². The molecule has 2 heteroatoms. The summed E-state index contributed by atoms with van der Waals surface area (Å²) in [5.74, 6) is 0.867. The molecule has 2 nitrogen and oxygen atoms in total. The van der Waals surface area contributed by atoms with Gasteiger partial charge in [-0.05, 0) is 49.4 Å². The minimum Gasteiger partial charge on any atom is -0.314 e. The lowest BCUT2D eigenvalue weighted by molar-refractivity contribution is 0.347. The first kappa shape index (κ1) is 17.2. The zero-order valence-corrected chi connectivity index (χ0v) is 13.6. The van der Waals surface area contributed by atoms with Crippen molar-refractivity contribution in [1.29, 1.82) is 0 Å². The monoisotopic (exact) mass is 276 g/mol. The number of hydrogen-bond donors (Lipinski definition) is 1. The third-order valence-corrected chi connectivity index (χ3v) is 4.08. The maximum absolute atomic E-state index is 4.11. The van der Waals surface area contributed by atoms with Crippen LogP contribution >= 0.6 is 0 Å². The van der Waals surface area contributed by atoms with Crippen LogP contribution in [-0.2, 0) is 6.42 Å². The number of pyridine rings is 1. The molecule has 0 aliphatic carbocycles. The first-order chi connectivity index (χ1) is 9.80. The molecule has 0 amide bonds. The summed E-state index contributed by atoms with van der Waals surface area (Å²) < 4.78 is 0. The van der Waals surface area contributed by atoms with Gasteiger partial charge in [-0.15, -0.1) is 0 Å². The summed E-state index contributed by atoms with van der Waals surface area (Å²) in [5, 5.41) is 3.74. The number of aromatic nitrogens is 1.